The Kier molecular flexibility index (Phi) is 5.09. The summed E-state index contributed by atoms with van der Waals surface area (Å²) < 4.78 is 0. The summed E-state index contributed by atoms with van der Waals surface area (Å²) in [5, 5.41) is 9.79. The Morgan fingerprint density at radius 3 is 3.00 bits per heavy atom. The second kappa shape index (κ2) is 6.81. The molecule has 5 nitrogen and oxygen atoms in total. The molecule has 0 aliphatic carbocycles. The minimum atomic E-state index is -0.387. The van der Waals surface area contributed by atoms with Crippen LogP contribution in [0.4, 0.5) is 0 Å². The Labute approximate surface area is 120 Å². The summed E-state index contributed by atoms with van der Waals surface area (Å²) in [7, 11) is 3.98. The van der Waals surface area contributed by atoms with E-state index in [1.807, 2.05) is 31.1 Å². The van der Waals surface area contributed by atoms with Crippen molar-refractivity contribution in [1.29, 1.82) is 0 Å². The lowest BCUT2D eigenvalue weighted by atomic mass is 10.1. The number of likely N-dealkylation sites (tertiary alicyclic amines) is 1. The van der Waals surface area contributed by atoms with Crippen LogP contribution in [0.2, 0.25) is 0 Å². The van der Waals surface area contributed by atoms with Crippen molar-refractivity contribution in [3.05, 3.63) is 30.1 Å². The van der Waals surface area contributed by atoms with Crippen LogP contribution in [0.5, 0.6) is 0 Å². The van der Waals surface area contributed by atoms with Crippen molar-refractivity contribution in [3.8, 4) is 0 Å². The highest BCUT2D eigenvalue weighted by atomic mass is 16.3. The predicted molar refractivity (Wildman–Crippen MR) is 77.2 cm³/mol. The summed E-state index contributed by atoms with van der Waals surface area (Å²) in [6.45, 7) is 1.26. The van der Waals surface area contributed by atoms with Gasteiger partial charge in [-0.05, 0) is 38.6 Å². The van der Waals surface area contributed by atoms with E-state index in [0.29, 0.717) is 25.8 Å². The molecule has 0 aromatic carbocycles. The smallest absolute Gasteiger partial charge is 0.223 e. The number of aromatic nitrogens is 1. The first-order chi connectivity index (χ1) is 9.56. The van der Waals surface area contributed by atoms with Crippen LogP contribution >= 0.6 is 0 Å². The first kappa shape index (κ1) is 14.9. The van der Waals surface area contributed by atoms with Crippen molar-refractivity contribution in [1.82, 2.24) is 14.8 Å². The van der Waals surface area contributed by atoms with E-state index in [1.54, 1.807) is 12.4 Å². The van der Waals surface area contributed by atoms with Crippen LogP contribution in [0.15, 0.2) is 24.5 Å². The maximum Gasteiger partial charge on any atom is 0.223 e. The summed E-state index contributed by atoms with van der Waals surface area (Å²) in [6, 6.07) is 3.99. The number of carbonyl (C=O) groups is 1. The van der Waals surface area contributed by atoms with E-state index < -0.39 is 0 Å². The Hall–Kier alpha value is -1.46. The number of likely N-dealkylation sites (N-methyl/N-ethyl adjacent to an activating group) is 1. The molecule has 0 spiro atoms. The molecule has 5 heteroatoms. The van der Waals surface area contributed by atoms with E-state index in [1.165, 1.54) is 0 Å². The number of aliphatic hydroxyl groups excluding tert-OH is 1. The van der Waals surface area contributed by atoms with Crippen LogP contribution in [0, 0.1) is 0 Å². The fourth-order valence-electron chi connectivity index (χ4n) is 2.73. The number of hydrogen-bond acceptors (Lipinski definition) is 4. The molecule has 2 unspecified atom stereocenters. The number of amides is 1. The molecule has 1 amide bonds. The van der Waals surface area contributed by atoms with Gasteiger partial charge in [-0.1, -0.05) is 6.07 Å². The van der Waals surface area contributed by atoms with Gasteiger partial charge < -0.3 is 14.9 Å². The van der Waals surface area contributed by atoms with Crippen molar-refractivity contribution in [2.45, 2.75) is 31.4 Å². The van der Waals surface area contributed by atoms with Gasteiger partial charge in [0.05, 0.1) is 6.10 Å². The molecule has 0 radical (unpaired) electrons. The molecule has 0 saturated carbocycles. The monoisotopic (exact) mass is 277 g/mol. The van der Waals surface area contributed by atoms with Gasteiger partial charge in [-0.3, -0.25) is 9.78 Å². The molecule has 1 aromatic heterocycles. The Bertz CT molecular complexity index is 436. The molecule has 1 aromatic rings. The Balaban J connectivity index is 1.90. The van der Waals surface area contributed by atoms with Gasteiger partial charge in [0.2, 0.25) is 5.91 Å². The average molecular weight is 277 g/mol. The van der Waals surface area contributed by atoms with Crippen molar-refractivity contribution in [3.63, 3.8) is 0 Å². The van der Waals surface area contributed by atoms with Crippen LogP contribution < -0.4 is 0 Å². The van der Waals surface area contributed by atoms with Gasteiger partial charge in [0.1, 0.15) is 0 Å². The van der Waals surface area contributed by atoms with Crippen molar-refractivity contribution in [2.24, 2.45) is 0 Å². The third-order valence-corrected chi connectivity index (χ3v) is 3.64. The number of carbonyl (C=O) groups excluding carboxylic acids is 1. The van der Waals surface area contributed by atoms with Gasteiger partial charge in [-0.2, -0.15) is 0 Å². The molecule has 110 valence electrons. The molecule has 1 saturated heterocycles. The lowest BCUT2D eigenvalue weighted by Crippen LogP contribution is -2.41. The zero-order valence-electron chi connectivity index (χ0n) is 12.2. The fourth-order valence-corrected chi connectivity index (χ4v) is 2.73. The summed E-state index contributed by atoms with van der Waals surface area (Å²) in [5.41, 5.74) is 1.07. The minimum Gasteiger partial charge on any atom is -0.391 e. The molecule has 20 heavy (non-hydrogen) atoms. The largest absolute Gasteiger partial charge is 0.391 e. The van der Waals surface area contributed by atoms with Crippen LogP contribution in [0.1, 0.15) is 18.4 Å². The molecule has 0 bridgehead atoms. The molecule has 1 fully saturated rings. The summed E-state index contributed by atoms with van der Waals surface area (Å²) in [6.07, 6.45) is 4.99. The van der Waals surface area contributed by atoms with Gasteiger partial charge in [0, 0.05) is 37.9 Å². The molecule has 2 heterocycles. The molecule has 2 atom stereocenters. The van der Waals surface area contributed by atoms with E-state index >= 15 is 0 Å². The SMILES string of the molecule is CN(C)CC1CC(O)CN1C(=O)CCc1cccnc1. The van der Waals surface area contributed by atoms with Gasteiger partial charge >= 0.3 is 0 Å². The van der Waals surface area contributed by atoms with E-state index in [2.05, 4.69) is 9.88 Å². The lowest BCUT2D eigenvalue weighted by molar-refractivity contribution is -0.132. The van der Waals surface area contributed by atoms with Gasteiger partial charge in [0.25, 0.3) is 0 Å². The Morgan fingerprint density at radius 1 is 1.55 bits per heavy atom. The standard InChI is InChI=1S/C15H23N3O2/c1-17(2)10-13-8-14(19)11-18(13)15(20)6-5-12-4-3-7-16-9-12/h3-4,7,9,13-14,19H,5-6,8,10-11H2,1-2H3. The average Bonchev–Trinajstić information content (AvgIpc) is 2.77. The van der Waals surface area contributed by atoms with Gasteiger partial charge in [0.15, 0.2) is 0 Å². The number of pyridine rings is 1. The minimum absolute atomic E-state index is 0.122. The van der Waals surface area contributed by atoms with E-state index in [4.69, 9.17) is 0 Å². The highest BCUT2D eigenvalue weighted by molar-refractivity contribution is 5.77. The Morgan fingerprint density at radius 2 is 2.35 bits per heavy atom. The van der Waals surface area contributed by atoms with Crippen molar-refractivity contribution in [2.75, 3.05) is 27.2 Å². The van der Waals surface area contributed by atoms with Gasteiger partial charge in [-0.25, -0.2) is 0 Å². The quantitative estimate of drug-likeness (QED) is 0.853. The third kappa shape index (κ3) is 4.02. The topological polar surface area (TPSA) is 56.7 Å². The molecule has 1 aliphatic heterocycles. The second-order valence-corrected chi connectivity index (χ2v) is 5.71. The highest BCUT2D eigenvalue weighted by Gasteiger charge is 2.33. The fraction of sp³-hybridized carbons (Fsp3) is 0.600. The third-order valence-electron chi connectivity index (χ3n) is 3.64. The molecular formula is C15H23N3O2. The zero-order chi connectivity index (χ0) is 14.5. The maximum atomic E-state index is 12.3. The number of aliphatic hydroxyl groups is 1. The van der Waals surface area contributed by atoms with E-state index in [0.717, 1.165) is 12.1 Å². The number of aryl methyl sites for hydroxylation is 1. The van der Waals surface area contributed by atoms with E-state index in [-0.39, 0.29) is 18.1 Å². The van der Waals surface area contributed by atoms with E-state index in [9.17, 15) is 9.90 Å². The maximum absolute atomic E-state index is 12.3. The first-order valence-corrected chi connectivity index (χ1v) is 7.07. The summed E-state index contributed by atoms with van der Waals surface area (Å²) >= 11 is 0. The predicted octanol–water partition coefficient (Wildman–Crippen LogP) is 0.538. The van der Waals surface area contributed by atoms with Crippen LogP contribution in [0.3, 0.4) is 0 Å². The number of nitrogens with zero attached hydrogens (tertiary/aromatic N) is 3. The molecule has 1 aliphatic rings. The summed E-state index contributed by atoms with van der Waals surface area (Å²) in [4.78, 5) is 20.3. The van der Waals surface area contributed by atoms with Crippen LogP contribution in [0.25, 0.3) is 0 Å². The van der Waals surface area contributed by atoms with Gasteiger partial charge in [-0.15, -0.1) is 0 Å². The first-order valence-electron chi connectivity index (χ1n) is 7.07. The zero-order valence-corrected chi connectivity index (χ0v) is 12.2. The van der Waals surface area contributed by atoms with Crippen molar-refractivity contribution < 1.29 is 9.90 Å². The molecule has 1 N–H and O–H groups in total. The normalized spacial score (nSPS) is 22.5. The number of β-amino-alcohol motifs (C(OH)–C–C–N with tert-alkyl or cyclic N) is 1. The number of hydrogen-bond donors (Lipinski definition) is 1. The van der Waals surface area contributed by atoms with Crippen molar-refractivity contribution >= 4 is 5.91 Å². The highest BCUT2D eigenvalue weighted by Crippen LogP contribution is 2.20. The summed E-state index contributed by atoms with van der Waals surface area (Å²) in [5.74, 6) is 0.122. The van der Waals surface area contributed by atoms with Crippen LogP contribution in [-0.2, 0) is 11.2 Å². The lowest BCUT2D eigenvalue weighted by Gasteiger charge is -2.26. The molecule has 2 rings (SSSR count). The second-order valence-electron chi connectivity index (χ2n) is 5.71. The molecular weight excluding hydrogens is 254 g/mol. The number of rotatable bonds is 5. The van der Waals surface area contributed by atoms with Crippen LogP contribution in [-0.4, -0.2) is 65.1 Å².